The summed E-state index contributed by atoms with van der Waals surface area (Å²) >= 11 is 14.1. The van der Waals surface area contributed by atoms with Crippen molar-refractivity contribution < 1.29 is 46.2 Å². The zero-order valence-corrected chi connectivity index (χ0v) is 23.5. The molecule has 0 bridgehead atoms. The monoisotopic (exact) mass is 650 g/mol. The maximum absolute atomic E-state index is 15.1. The van der Waals surface area contributed by atoms with E-state index in [4.69, 9.17) is 23.2 Å². The van der Waals surface area contributed by atoms with Crippen LogP contribution >= 0.6 is 23.2 Å². The van der Waals surface area contributed by atoms with Gasteiger partial charge >= 0.3 is 0 Å². The van der Waals surface area contributed by atoms with E-state index >= 15 is 8.78 Å². The zero-order valence-electron chi connectivity index (χ0n) is 21.9. The molecule has 3 fully saturated rings. The minimum Gasteiger partial charge on any atom is -0.508 e. The minimum atomic E-state index is -2.72. The Bertz CT molecular complexity index is 1910. The summed E-state index contributed by atoms with van der Waals surface area (Å²) in [6.07, 6.45) is 0.932. The Morgan fingerprint density at radius 2 is 1.45 bits per heavy atom. The van der Waals surface area contributed by atoms with Crippen molar-refractivity contribution >= 4 is 63.3 Å². The number of benzene rings is 3. The summed E-state index contributed by atoms with van der Waals surface area (Å²) in [7, 11) is 0. The minimum absolute atomic E-state index is 0.00183. The number of imide groups is 2. The number of carbonyl (C=O) groups excluding carboxylic acids is 4. The van der Waals surface area contributed by atoms with Crippen LogP contribution in [0.15, 0.2) is 48.0 Å². The van der Waals surface area contributed by atoms with Crippen LogP contribution in [0.5, 0.6) is 5.75 Å². The Balaban J connectivity index is 1.54. The molecule has 1 saturated carbocycles. The van der Waals surface area contributed by atoms with Crippen molar-refractivity contribution in [1.82, 2.24) is 5.32 Å². The van der Waals surface area contributed by atoms with Gasteiger partial charge < -0.3 is 5.11 Å². The lowest BCUT2D eigenvalue weighted by atomic mass is 9.56. The number of fused-ring (bicyclic) bond motifs is 5. The van der Waals surface area contributed by atoms with Crippen molar-refractivity contribution in [3.05, 3.63) is 82.7 Å². The third-order valence-electron chi connectivity index (χ3n) is 9.30. The van der Waals surface area contributed by atoms with Crippen molar-refractivity contribution in [3.8, 4) is 5.75 Å². The Hall–Kier alpha value is -4.03. The molecule has 7 nitrogen and oxygen atoms in total. The largest absolute Gasteiger partial charge is 0.508 e. The SMILES string of the molecule is O=C1NC(=O)C2C1CC=C1C2CC2(Cl)C(=O)N(c3c(F)c(F)c(F)c(F)c3F)C(=O)C2(Cl)C1c1c(O)ccc2ccccc12. The van der Waals surface area contributed by atoms with E-state index in [0.29, 0.717) is 10.8 Å². The maximum Gasteiger partial charge on any atom is 0.258 e. The van der Waals surface area contributed by atoms with E-state index in [1.165, 1.54) is 6.07 Å². The second-order valence-electron chi connectivity index (χ2n) is 11.3. The van der Waals surface area contributed by atoms with Crippen LogP contribution in [-0.2, 0) is 19.2 Å². The first-order valence-corrected chi connectivity index (χ1v) is 14.0. The van der Waals surface area contributed by atoms with Crippen molar-refractivity contribution in [3.63, 3.8) is 0 Å². The molecule has 226 valence electrons. The van der Waals surface area contributed by atoms with E-state index in [-0.39, 0.29) is 22.5 Å². The van der Waals surface area contributed by atoms with Gasteiger partial charge in [-0.25, -0.2) is 26.9 Å². The number of phenols is 1. The van der Waals surface area contributed by atoms with Crippen LogP contribution in [0.3, 0.4) is 0 Å². The van der Waals surface area contributed by atoms with Gasteiger partial charge in [-0.2, -0.15) is 0 Å². The first-order valence-electron chi connectivity index (χ1n) is 13.3. The predicted molar refractivity (Wildman–Crippen MR) is 145 cm³/mol. The standard InChI is InChI=1S/C30H17Cl2F5N2O5/c31-29-9-14-12(6-7-13-16(14)26(42)38-25(13)41)18(17-11-4-2-1-3-10(11)5-8-15(17)40)30(29,32)28(44)39(27(29)43)24-22(36)20(34)19(33)21(35)23(24)37/h1-6,8,13-14,16,18,40H,7,9H2,(H,38,41,42). The van der Waals surface area contributed by atoms with Crippen LogP contribution in [-0.4, -0.2) is 38.5 Å². The fourth-order valence-corrected chi connectivity index (χ4v) is 8.30. The smallest absolute Gasteiger partial charge is 0.258 e. The lowest BCUT2D eigenvalue weighted by molar-refractivity contribution is -0.127. The van der Waals surface area contributed by atoms with Crippen molar-refractivity contribution in [2.24, 2.45) is 17.8 Å². The average Bonchev–Trinajstić information content (AvgIpc) is 3.37. The van der Waals surface area contributed by atoms with E-state index in [0.717, 1.165) is 0 Å². The van der Waals surface area contributed by atoms with E-state index in [1.807, 2.05) is 0 Å². The first kappa shape index (κ1) is 28.7. The summed E-state index contributed by atoms with van der Waals surface area (Å²) in [6, 6.07) is 9.38. The van der Waals surface area contributed by atoms with Gasteiger partial charge in [0.2, 0.25) is 17.6 Å². The van der Waals surface area contributed by atoms with Crippen LogP contribution < -0.4 is 10.2 Å². The van der Waals surface area contributed by atoms with Crippen molar-refractivity contribution in [1.29, 1.82) is 0 Å². The number of hydrogen-bond acceptors (Lipinski definition) is 5. The quantitative estimate of drug-likeness (QED) is 0.100. The summed E-state index contributed by atoms with van der Waals surface area (Å²) in [5.41, 5.74) is -1.65. The third kappa shape index (κ3) is 3.32. The van der Waals surface area contributed by atoms with Gasteiger partial charge in [-0.05, 0) is 35.6 Å². The zero-order chi connectivity index (χ0) is 31.6. The fraction of sp³-hybridized carbons (Fsp3) is 0.267. The number of anilines is 1. The van der Waals surface area contributed by atoms with Crippen LogP contribution in [0.4, 0.5) is 27.6 Å². The van der Waals surface area contributed by atoms with E-state index in [2.05, 4.69) is 5.32 Å². The van der Waals surface area contributed by atoms with E-state index in [9.17, 15) is 37.5 Å². The number of nitrogens with zero attached hydrogens (tertiary/aromatic N) is 1. The molecule has 3 aromatic carbocycles. The lowest BCUT2D eigenvalue weighted by Gasteiger charge is -2.51. The Morgan fingerprint density at radius 1 is 0.818 bits per heavy atom. The molecular formula is C30H17Cl2F5N2O5. The Morgan fingerprint density at radius 3 is 2.14 bits per heavy atom. The number of halogens is 7. The highest BCUT2D eigenvalue weighted by Crippen LogP contribution is 2.67. The summed E-state index contributed by atoms with van der Waals surface area (Å²) in [4.78, 5) is 48.4. The average molecular weight is 651 g/mol. The van der Waals surface area contributed by atoms with Crippen molar-refractivity contribution in [2.45, 2.75) is 28.5 Å². The number of phenolic OH excluding ortho intramolecular Hbond substituents is 1. The molecule has 44 heavy (non-hydrogen) atoms. The van der Waals surface area contributed by atoms with E-state index < -0.39 is 104 Å². The topological polar surface area (TPSA) is 104 Å². The molecule has 2 aliphatic heterocycles. The molecule has 0 radical (unpaired) electrons. The second-order valence-corrected chi connectivity index (χ2v) is 12.5. The molecule has 3 aromatic rings. The number of amides is 4. The third-order valence-corrected chi connectivity index (χ3v) is 10.7. The van der Waals surface area contributed by atoms with Gasteiger partial charge in [0.1, 0.15) is 11.4 Å². The first-order chi connectivity index (χ1) is 20.8. The summed E-state index contributed by atoms with van der Waals surface area (Å²) in [5, 5.41) is 14.4. The molecule has 4 amide bonds. The molecule has 7 rings (SSSR count). The fourth-order valence-electron chi connectivity index (χ4n) is 7.38. The molecule has 2 N–H and O–H groups in total. The number of aromatic hydroxyl groups is 1. The molecule has 2 saturated heterocycles. The molecule has 14 heteroatoms. The number of alkyl halides is 2. The predicted octanol–water partition coefficient (Wildman–Crippen LogP) is 5.09. The second kappa shape index (κ2) is 9.24. The van der Waals surface area contributed by atoms with Gasteiger partial charge in [0.15, 0.2) is 33.0 Å². The highest BCUT2D eigenvalue weighted by molar-refractivity contribution is 6.58. The van der Waals surface area contributed by atoms with Crippen LogP contribution in [0.1, 0.15) is 24.3 Å². The molecule has 2 heterocycles. The van der Waals surface area contributed by atoms with E-state index in [1.54, 1.807) is 36.4 Å². The molecular weight excluding hydrogens is 634 g/mol. The van der Waals surface area contributed by atoms with Crippen LogP contribution in [0.25, 0.3) is 10.8 Å². The number of hydrogen-bond donors (Lipinski definition) is 2. The van der Waals surface area contributed by atoms with Crippen LogP contribution in [0, 0.1) is 46.8 Å². The number of nitrogens with one attached hydrogen (secondary N) is 1. The Kier molecular flexibility index (Phi) is 6.03. The number of carbonyl (C=O) groups is 4. The molecule has 4 aliphatic rings. The summed E-state index contributed by atoms with van der Waals surface area (Å²) < 4.78 is 72.7. The number of rotatable bonds is 2. The van der Waals surface area contributed by atoms with Gasteiger partial charge in [-0.15, -0.1) is 23.2 Å². The van der Waals surface area contributed by atoms with Crippen LogP contribution in [0.2, 0.25) is 0 Å². The van der Waals surface area contributed by atoms with Gasteiger partial charge in [-0.1, -0.05) is 42.0 Å². The van der Waals surface area contributed by atoms with Gasteiger partial charge in [-0.3, -0.25) is 24.5 Å². The summed E-state index contributed by atoms with van der Waals surface area (Å²) in [5.74, 6) is -21.8. The van der Waals surface area contributed by atoms with Gasteiger partial charge in [0.25, 0.3) is 11.8 Å². The molecule has 0 spiro atoms. The molecule has 6 unspecified atom stereocenters. The van der Waals surface area contributed by atoms with Crippen molar-refractivity contribution in [2.75, 3.05) is 4.90 Å². The normalized spacial score (nSPS) is 31.2. The lowest BCUT2D eigenvalue weighted by Crippen LogP contribution is -2.60. The number of allylic oxidation sites excluding steroid dienone is 2. The van der Waals surface area contributed by atoms with Gasteiger partial charge in [0.05, 0.1) is 11.8 Å². The molecule has 0 aromatic heterocycles. The molecule has 2 aliphatic carbocycles. The summed E-state index contributed by atoms with van der Waals surface area (Å²) in [6.45, 7) is 0. The Labute approximate surface area is 254 Å². The molecule has 6 atom stereocenters. The van der Waals surface area contributed by atoms with Gasteiger partial charge in [0, 0.05) is 11.5 Å². The maximum atomic E-state index is 15.1. The highest BCUT2D eigenvalue weighted by atomic mass is 35.5. The highest BCUT2D eigenvalue weighted by Gasteiger charge is 2.77.